The molecule has 0 amide bonds. The summed E-state index contributed by atoms with van der Waals surface area (Å²) in [5, 5.41) is 18.1. The van der Waals surface area contributed by atoms with Crippen molar-refractivity contribution >= 4 is 0 Å². The first-order valence-corrected chi connectivity index (χ1v) is 4.64. The Bertz CT molecular complexity index is 316. The molecule has 0 fully saturated rings. The van der Waals surface area contributed by atoms with Crippen LogP contribution in [0.5, 0.6) is 5.75 Å². The maximum absolute atomic E-state index is 9.48. The normalized spacial score (nSPS) is 11.7. The maximum atomic E-state index is 9.48. The summed E-state index contributed by atoms with van der Waals surface area (Å²) in [6, 6.07) is 5.46. The molecule has 0 aliphatic heterocycles. The lowest BCUT2D eigenvalue weighted by atomic mass is 9.86. The van der Waals surface area contributed by atoms with Crippen molar-refractivity contribution in [3.8, 4) is 5.75 Å². The van der Waals surface area contributed by atoms with Gasteiger partial charge in [0.15, 0.2) is 0 Å². The van der Waals surface area contributed by atoms with Crippen molar-refractivity contribution in [1.82, 2.24) is 5.48 Å². The number of nitrogens with one attached hydrogen (secondary N) is 1. The second-order valence-electron chi connectivity index (χ2n) is 4.43. The van der Waals surface area contributed by atoms with Crippen LogP contribution in [-0.2, 0) is 12.0 Å². The van der Waals surface area contributed by atoms with Crippen molar-refractivity contribution in [2.24, 2.45) is 0 Å². The molecule has 1 rings (SSSR count). The van der Waals surface area contributed by atoms with E-state index in [9.17, 15) is 5.11 Å². The Balaban J connectivity index is 3.06. The average Bonchev–Trinajstić information content (AvgIpc) is 2.07. The lowest BCUT2D eigenvalue weighted by Crippen LogP contribution is -2.13. The van der Waals surface area contributed by atoms with E-state index >= 15 is 0 Å². The van der Waals surface area contributed by atoms with Gasteiger partial charge in [0, 0.05) is 12.1 Å². The average molecular weight is 195 g/mol. The van der Waals surface area contributed by atoms with Gasteiger partial charge in [-0.3, -0.25) is 0 Å². The number of benzene rings is 1. The molecule has 0 radical (unpaired) electrons. The Hall–Kier alpha value is -1.06. The monoisotopic (exact) mass is 195 g/mol. The van der Waals surface area contributed by atoms with Crippen LogP contribution in [0.3, 0.4) is 0 Å². The topological polar surface area (TPSA) is 52.5 Å². The number of aromatic hydroxyl groups is 1. The Morgan fingerprint density at radius 2 is 1.93 bits per heavy atom. The molecule has 3 heteroatoms. The highest BCUT2D eigenvalue weighted by molar-refractivity contribution is 5.38. The summed E-state index contributed by atoms with van der Waals surface area (Å²) < 4.78 is 0. The Kier molecular flexibility index (Phi) is 3.13. The smallest absolute Gasteiger partial charge is 0.120 e. The summed E-state index contributed by atoms with van der Waals surface area (Å²) in [5.74, 6) is 0.208. The number of hydrogen-bond acceptors (Lipinski definition) is 3. The van der Waals surface area contributed by atoms with E-state index in [4.69, 9.17) is 5.21 Å². The molecule has 1 aromatic carbocycles. The van der Waals surface area contributed by atoms with Gasteiger partial charge in [0.2, 0.25) is 0 Å². The van der Waals surface area contributed by atoms with Crippen LogP contribution in [0.2, 0.25) is 0 Å². The first-order valence-electron chi connectivity index (χ1n) is 4.64. The Morgan fingerprint density at radius 1 is 1.29 bits per heavy atom. The third-order valence-electron chi connectivity index (χ3n) is 2.22. The van der Waals surface area contributed by atoms with Gasteiger partial charge in [-0.25, -0.2) is 5.48 Å². The molecule has 1 aromatic rings. The van der Waals surface area contributed by atoms with Crippen molar-refractivity contribution in [3.63, 3.8) is 0 Å². The molecule has 0 aromatic heterocycles. The minimum atomic E-state index is 0.0535. The van der Waals surface area contributed by atoms with Gasteiger partial charge in [-0.2, -0.15) is 0 Å². The fraction of sp³-hybridized carbons (Fsp3) is 0.455. The number of phenols is 1. The summed E-state index contributed by atoms with van der Waals surface area (Å²) in [4.78, 5) is 0. The van der Waals surface area contributed by atoms with Gasteiger partial charge in [-0.05, 0) is 17.0 Å². The predicted octanol–water partition coefficient (Wildman–Crippen LogP) is 2.17. The van der Waals surface area contributed by atoms with Gasteiger partial charge in [0.05, 0.1) is 0 Å². The van der Waals surface area contributed by atoms with E-state index in [1.165, 1.54) is 0 Å². The SMILES string of the molecule is CC(C)(C)c1ccc(O)c(CNO)c1. The van der Waals surface area contributed by atoms with E-state index in [2.05, 4.69) is 20.8 Å². The third-order valence-corrected chi connectivity index (χ3v) is 2.22. The van der Waals surface area contributed by atoms with E-state index < -0.39 is 0 Å². The zero-order valence-electron chi connectivity index (χ0n) is 8.83. The molecule has 0 atom stereocenters. The molecule has 0 spiro atoms. The predicted molar refractivity (Wildman–Crippen MR) is 55.4 cm³/mol. The lowest BCUT2D eigenvalue weighted by Gasteiger charge is -2.20. The highest BCUT2D eigenvalue weighted by Gasteiger charge is 2.14. The Labute approximate surface area is 84.3 Å². The quantitative estimate of drug-likeness (QED) is 0.634. The van der Waals surface area contributed by atoms with Crippen LogP contribution in [0, 0.1) is 0 Å². The molecule has 3 nitrogen and oxygen atoms in total. The van der Waals surface area contributed by atoms with Gasteiger partial charge in [-0.1, -0.05) is 32.9 Å². The second kappa shape index (κ2) is 3.98. The molecular weight excluding hydrogens is 178 g/mol. The number of hydrogen-bond donors (Lipinski definition) is 3. The van der Waals surface area contributed by atoms with E-state index in [1.807, 2.05) is 17.6 Å². The molecule has 0 aliphatic rings. The number of phenolic OH excluding ortho intramolecular Hbond substituents is 1. The zero-order chi connectivity index (χ0) is 10.8. The molecule has 0 unspecified atom stereocenters. The highest BCUT2D eigenvalue weighted by Crippen LogP contribution is 2.27. The van der Waals surface area contributed by atoms with Crippen LogP contribution in [0.15, 0.2) is 18.2 Å². The van der Waals surface area contributed by atoms with E-state index in [1.54, 1.807) is 6.07 Å². The van der Waals surface area contributed by atoms with E-state index in [0.717, 1.165) is 5.56 Å². The maximum Gasteiger partial charge on any atom is 0.120 e. The van der Waals surface area contributed by atoms with Crippen molar-refractivity contribution < 1.29 is 10.3 Å². The molecule has 0 heterocycles. The highest BCUT2D eigenvalue weighted by atomic mass is 16.5. The lowest BCUT2D eigenvalue weighted by molar-refractivity contribution is 0.160. The van der Waals surface area contributed by atoms with Gasteiger partial charge < -0.3 is 10.3 Å². The second-order valence-corrected chi connectivity index (χ2v) is 4.43. The van der Waals surface area contributed by atoms with Crippen LogP contribution in [0.1, 0.15) is 31.9 Å². The zero-order valence-corrected chi connectivity index (χ0v) is 8.83. The number of rotatable bonds is 2. The summed E-state index contributed by atoms with van der Waals surface area (Å²) in [6.07, 6.45) is 0. The summed E-state index contributed by atoms with van der Waals surface area (Å²) in [7, 11) is 0. The van der Waals surface area contributed by atoms with Crippen molar-refractivity contribution in [1.29, 1.82) is 0 Å². The van der Waals surface area contributed by atoms with Crippen LogP contribution >= 0.6 is 0 Å². The standard InChI is InChI=1S/C11H17NO2/c1-11(2,3)9-4-5-10(13)8(6-9)7-12-14/h4-6,12-14H,7H2,1-3H3. The first-order chi connectivity index (χ1) is 6.45. The van der Waals surface area contributed by atoms with Gasteiger partial charge >= 0.3 is 0 Å². The van der Waals surface area contributed by atoms with Crippen LogP contribution in [0.4, 0.5) is 0 Å². The van der Waals surface area contributed by atoms with E-state index in [0.29, 0.717) is 5.56 Å². The van der Waals surface area contributed by atoms with Crippen molar-refractivity contribution in [2.45, 2.75) is 32.7 Å². The van der Waals surface area contributed by atoms with Gasteiger partial charge in [0.1, 0.15) is 5.75 Å². The molecule has 0 saturated carbocycles. The first kappa shape index (κ1) is 11.0. The molecule has 78 valence electrons. The fourth-order valence-electron chi connectivity index (χ4n) is 1.28. The van der Waals surface area contributed by atoms with Gasteiger partial charge in [0.25, 0.3) is 0 Å². The molecule has 0 bridgehead atoms. The van der Waals surface area contributed by atoms with Gasteiger partial charge in [-0.15, -0.1) is 0 Å². The third kappa shape index (κ3) is 2.47. The van der Waals surface area contributed by atoms with Crippen molar-refractivity contribution in [2.75, 3.05) is 0 Å². The Morgan fingerprint density at radius 3 is 2.43 bits per heavy atom. The fourth-order valence-corrected chi connectivity index (χ4v) is 1.28. The summed E-state index contributed by atoms with van der Waals surface area (Å²) in [5.41, 5.74) is 3.94. The molecule has 3 N–H and O–H groups in total. The minimum absolute atomic E-state index is 0.0535. The molecular formula is C11H17NO2. The molecule has 0 aliphatic carbocycles. The largest absolute Gasteiger partial charge is 0.508 e. The van der Waals surface area contributed by atoms with Crippen LogP contribution < -0.4 is 5.48 Å². The van der Waals surface area contributed by atoms with Crippen LogP contribution in [-0.4, -0.2) is 10.3 Å². The minimum Gasteiger partial charge on any atom is -0.508 e. The summed E-state index contributed by atoms with van der Waals surface area (Å²) in [6.45, 7) is 6.58. The van der Waals surface area contributed by atoms with E-state index in [-0.39, 0.29) is 17.7 Å². The molecule has 0 saturated heterocycles. The van der Waals surface area contributed by atoms with Crippen molar-refractivity contribution in [3.05, 3.63) is 29.3 Å². The molecule has 14 heavy (non-hydrogen) atoms. The van der Waals surface area contributed by atoms with Crippen LogP contribution in [0.25, 0.3) is 0 Å². The summed E-state index contributed by atoms with van der Waals surface area (Å²) >= 11 is 0. The number of hydroxylamine groups is 1.